The van der Waals surface area contributed by atoms with E-state index in [1.165, 1.54) is 30.6 Å². The maximum absolute atomic E-state index is 5.19. The third kappa shape index (κ3) is 23.1. The van der Waals surface area contributed by atoms with Gasteiger partial charge in [-0.15, -0.1) is 36.8 Å². The fraction of sp³-hybridized carbons (Fsp3) is 0. The van der Waals surface area contributed by atoms with Gasteiger partial charge in [0.2, 0.25) is 0 Å². The molecule has 1 aromatic carbocycles. The molecule has 3 aromatic heterocycles. The molecule has 0 atom stereocenters. The quantitative estimate of drug-likeness (QED) is 0.265. The molecule has 0 fully saturated rings. The number of hydrogen-bond donors (Lipinski definition) is 0. The molecule has 8 heteroatoms. The van der Waals surface area contributed by atoms with Crippen LogP contribution in [0.2, 0.25) is 0 Å². The number of hydrogen-bond acceptors (Lipinski definition) is 4. The molecule has 0 unspecified atom stereocenters. The summed E-state index contributed by atoms with van der Waals surface area (Å²) >= 11 is 0. The number of benzene rings is 1. The van der Waals surface area contributed by atoms with Crippen LogP contribution < -0.4 is 0 Å². The molecule has 0 aliphatic heterocycles. The van der Waals surface area contributed by atoms with E-state index in [0.717, 1.165) is 11.1 Å². The molecule has 0 saturated heterocycles. The second kappa shape index (κ2) is 31.2. The van der Waals surface area contributed by atoms with Crippen LogP contribution in [-0.2, 0) is 131 Å². The summed E-state index contributed by atoms with van der Waals surface area (Å²) in [5, 5.41) is 0. The maximum atomic E-state index is 5.19. The summed E-state index contributed by atoms with van der Waals surface area (Å²) in [5.41, 5.74) is 3.17. The summed E-state index contributed by atoms with van der Waals surface area (Å²) in [6, 6.07) is 20.6. The Balaban J connectivity index is -0.000000183. The van der Waals surface area contributed by atoms with Crippen LogP contribution in [0.15, 0.2) is 73.4 Å². The summed E-state index contributed by atoms with van der Waals surface area (Å²) in [6.45, 7) is 20.6. The van der Waals surface area contributed by atoms with Crippen LogP contribution in [-0.4, -0.2) is 19.9 Å². The van der Waals surface area contributed by atoms with E-state index in [2.05, 4.69) is 44.5 Å². The summed E-state index contributed by atoms with van der Waals surface area (Å²) < 4.78 is 0. The van der Waals surface area contributed by atoms with Crippen molar-refractivity contribution in [2.24, 2.45) is 0 Å². The zero-order valence-corrected chi connectivity index (χ0v) is 31.0. The van der Waals surface area contributed by atoms with Crippen molar-refractivity contribution in [3.8, 4) is 0 Å². The van der Waals surface area contributed by atoms with Gasteiger partial charge in [-0.3, -0.25) is 17.2 Å². The van der Waals surface area contributed by atoms with Gasteiger partial charge < -0.3 is 76.1 Å². The second-order valence-electron chi connectivity index (χ2n) is 5.45. The van der Waals surface area contributed by atoms with Gasteiger partial charge in [0.05, 0.1) is 0 Å². The largest absolute Gasteiger partial charge is 0.390 e. The minimum atomic E-state index is 0. The van der Waals surface area contributed by atoms with E-state index in [-0.39, 0.29) is 131 Å². The van der Waals surface area contributed by atoms with Crippen LogP contribution in [0, 0.1) is 50.8 Å². The first-order valence-corrected chi connectivity index (χ1v) is 9.23. The molecule has 172 valence electrons. The summed E-state index contributed by atoms with van der Waals surface area (Å²) in [7, 11) is 0. The van der Waals surface area contributed by atoms with Crippen molar-refractivity contribution in [3.63, 3.8) is 0 Å². The van der Waals surface area contributed by atoms with Gasteiger partial charge in [-0.1, -0.05) is 12.4 Å². The Morgan fingerprint density at radius 1 is 0.611 bits per heavy atom. The monoisotopic (exact) mass is 768 g/mol. The van der Waals surface area contributed by atoms with Crippen LogP contribution in [0.25, 0.3) is 24.3 Å². The number of pyridine rings is 2. The van der Waals surface area contributed by atoms with Gasteiger partial charge in [-0.05, 0) is 0 Å². The molecule has 0 spiro atoms. The minimum Gasteiger partial charge on any atom is -0.390 e. The molecule has 0 amide bonds. The molecule has 4 aromatic rings. The molecule has 3 heterocycles. The van der Waals surface area contributed by atoms with E-state index in [9.17, 15) is 0 Å². The van der Waals surface area contributed by atoms with E-state index in [1.807, 2.05) is 36.4 Å². The molecule has 0 aliphatic carbocycles. The van der Waals surface area contributed by atoms with E-state index >= 15 is 0 Å². The van der Waals surface area contributed by atoms with Crippen LogP contribution in [0.5, 0.6) is 0 Å². The van der Waals surface area contributed by atoms with Gasteiger partial charge in [-0.2, -0.15) is 18.2 Å². The van der Waals surface area contributed by atoms with Crippen molar-refractivity contribution < 1.29 is 131 Å². The van der Waals surface area contributed by atoms with Crippen LogP contribution in [0.1, 0.15) is 22.4 Å². The summed E-state index contributed by atoms with van der Waals surface area (Å²) in [4.78, 5) is 14.9. The molecule has 4 radical (unpaired) electrons. The Labute approximate surface area is 316 Å². The zero-order valence-electron chi connectivity index (χ0n) is 19.6. The Hall–Kier alpha value is -0.0244. The Kier molecular flexibility index (Phi) is 37.3. The number of rotatable bonds is 4. The minimum absolute atomic E-state index is 0. The maximum Gasteiger partial charge on any atom is 0.0256 e. The standard InChI is InChI=1S/C8H6.2C7H5N.C6H4N2.4Y/c1-2-8-6-4-3-5-7-8;1-2-7-4-3-5-8-6-7;1-2-7-5-3-4-6-8-7;1-2-6-3-7-5-8-4-6;;;;/h1-6H;1-5H;1-4,6H;1-3,5H;;;;/q4*-2;;;;. The topological polar surface area (TPSA) is 51.6 Å². The average Bonchev–Trinajstić information content (AvgIpc) is 2.91. The fourth-order valence-electron chi connectivity index (χ4n) is 1.73. The summed E-state index contributed by atoms with van der Waals surface area (Å²) in [6.07, 6.45) is 17.5. The van der Waals surface area contributed by atoms with Crippen molar-refractivity contribution in [1.29, 1.82) is 0 Å². The molecule has 0 bridgehead atoms. The van der Waals surface area contributed by atoms with Gasteiger partial charge in [0.25, 0.3) is 0 Å². The predicted molar refractivity (Wildman–Crippen MR) is 127 cm³/mol. The van der Waals surface area contributed by atoms with Crippen molar-refractivity contribution in [2.45, 2.75) is 0 Å². The third-order valence-corrected chi connectivity index (χ3v) is 3.22. The number of aromatic nitrogens is 4. The molecular weight excluding hydrogens is 748 g/mol. The molecule has 0 N–H and O–H groups in total. The van der Waals surface area contributed by atoms with Gasteiger partial charge in [0.1, 0.15) is 0 Å². The Morgan fingerprint density at radius 3 is 1.58 bits per heavy atom. The van der Waals surface area contributed by atoms with Crippen molar-refractivity contribution in [2.75, 3.05) is 0 Å². The van der Waals surface area contributed by atoms with Gasteiger partial charge >= 0.3 is 0 Å². The van der Waals surface area contributed by atoms with Crippen molar-refractivity contribution in [1.82, 2.24) is 19.9 Å². The first kappa shape index (κ1) is 43.0. The predicted octanol–water partition coefficient (Wildman–Crippen LogP) is 5.30. The normalized spacial score (nSPS) is 7.56. The Bertz CT molecular complexity index is 860. The smallest absolute Gasteiger partial charge is 0.0256 e. The average molecular weight is 768 g/mol. The van der Waals surface area contributed by atoms with Crippen molar-refractivity contribution in [3.05, 3.63) is 147 Å². The molecule has 36 heavy (non-hydrogen) atoms. The molecule has 4 rings (SSSR count). The first-order valence-electron chi connectivity index (χ1n) is 9.23. The number of nitrogens with zero attached hydrogens (tertiary/aromatic N) is 4. The van der Waals surface area contributed by atoms with E-state index in [0.29, 0.717) is 11.3 Å². The SMILES string of the molecule is [CH-]=Cc1[c-]cccc1.[CH-]=Cc1[c-]cccn1.[CH-]=Cc1[c-]nccc1.[CH-]=Cc1[c-]ncnc1.[Y].[Y].[Y].[Y]. The van der Waals surface area contributed by atoms with Gasteiger partial charge in [0, 0.05) is 137 Å². The second-order valence-corrected chi connectivity index (χ2v) is 5.45. The van der Waals surface area contributed by atoms with Crippen LogP contribution in [0.3, 0.4) is 0 Å². The van der Waals surface area contributed by atoms with Gasteiger partial charge in [-0.25, -0.2) is 23.9 Å². The zero-order chi connectivity index (χ0) is 23.3. The van der Waals surface area contributed by atoms with Gasteiger partial charge in [0.15, 0.2) is 0 Å². The molecule has 0 aliphatic rings. The fourth-order valence-corrected chi connectivity index (χ4v) is 1.73. The van der Waals surface area contributed by atoms with E-state index in [4.69, 9.17) is 26.3 Å². The molecule has 4 nitrogen and oxygen atoms in total. The third-order valence-electron chi connectivity index (χ3n) is 3.22. The van der Waals surface area contributed by atoms with Crippen LogP contribution in [0.4, 0.5) is 0 Å². The van der Waals surface area contributed by atoms with Crippen molar-refractivity contribution >= 4 is 24.3 Å². The Morgan fingerprint density at radius 2 is 1.25 bits per heavy atom. The first-order chi connectivity index (χ1) is 15.7. The van der Waals surface area contributed by atoms with Crippen LogP contribution >= 0.6 is 0 Å². The summed E-state index contributed by atoms with van der Waals surface area (Å²) in [5.74, 6) is 0. The van der Waals surface area contributed by atoms with E-state index < -0.39 is 0 Å². The molecular formula is C28H20N4Y4-8. The molecule has 0 saturated carbocycles. The van der Waals surface area contributed by atoms with E-state index in [1.54, 1.807) is 30.7 Å².